The molecule has 9 heteroatoms. The summed E-state index contributed by atoms with van der Waals surface area (Å²) in [5.74, 6) is -0.139. The van der Waals surface area contributed by atoms with E-state index in [1.165, 1.54) is 186 Å². The van der Waals surface area contributed by atoms with Crippen LogP contribution in [-0.4, -0.2) is 87.5 Å². The average molecular weight is 828 g/mol. The van der Waals surface area contributed by atoms with Crippen molar-refractivity contribution in [1.29, 1.82) is 0 Å². The van der Waals surface area contributed by atoms with E-state index < -0.39 is 49.5 Å². The van der Waals surface area contributed by atoms with Gasteiger partial charge in [0.05, 0.1) is 25.4 Å². The molecule has 0 aliphatic carbocycles. The Hall–Kier alpha value is -0.810. The van der Waals surface area contributed by atoms with Crippen LogP contribution in [0.3, 0.4) is 0 Å². The molecule has 0 aromatic heterocycles. The zero-order chi connectivity index (χ0) is 42.3. The fourth-order valence-corrected chi connectivity index (χ4v) is 8.40. The Morgan fingerprint density at radius 1 is 0.517 bits per heavy atom. The van der Waals surface area contributed by atoms with Gasteiger partial charge in [-0.3, -0.25) is 4.79 Å². The van der Waals surface area contributed by atoms with Crippen LogP contribution in [0.15, 0.2) is 0 Å². The summed E-state index contributed by atoms with van der Waals surface area (Å²) in [7, 11) is 0. The summed E-state index contributed by atoms with van der Waals surface area (Å²) in [5.41, 5.74) is 0. The lowest BCUT2D eigenvalue weighted by Crippen LogP contribution is -2.60. The van der Waals surface area contributed by atoms with E-state index in [1.807, 2.05) is 0 Å². The largest absolute Gasteiger partial charge is 0.394 e. The van der Waals surface area contributed by atoms with Crippen LogP contribution in [0.5, 0.6) is 0 Å². The molecular weight excluding hydrogens is 731 g/mol. The standard InChI is InChI=1S/C49H97NO8/c1-3-5-7-9-11-13-15-17-18-19-20-21-22-23-24-25-26-27-29-31-33-35-37-39-45(53)50-42(41-57-49-48(56)47(55)46(54)44(40-51)58-49)43(52)38-36-34-32-30-28-16-14-12-10-8-6-4-2/h42-44,46-49,51-52,54-56H,3-41H2,1-2H3,(H,50,53)/t42-,43+,44-,46-,47?,48?,49-/m0/s1. The number of hydrogen-bond donors (Lipinski definition) is 6. The number of ether oxygens (including phenoxy) is 2. The molecule has 346 valence electrons. The molecule has 0 aromatic carbocycles. The average Bonchev–Trinajstić information content (AvgIpc) is 3.22. The first-order valence-corrected chi connectivity index (χ1v) is 25.2. The fraction of sp³-hybridized carbons (Fsp3) is 0.980. The summed E-state index contributed by atoms with van der Waals surface area (Å²) in [5, 5.41) is 54.4. The number of nitrogens with one attached hydrogen (secondary N) is 1. The molecule has 6 N–H and O–H groups in total. The molecule has 1 heterocycles. The lowest BCUT2D eigenvalue weighted by atomic mass is 9.99. The van der Waals surface area contributed by atoms with Gasteiger partial charge in [-0.05, 0) is 12.8 Å². The summed E-state index contributed by atoms with van der Waals surface area (Å²) in [6.07, 6.45) is 38.4. The molecule has 1 amide bonds. The van der Waals surface area contributed by atoms with Crippen LogP contribution in [-0.2, 0) is 14.3 Å². The third kappa shape index (κ3) is 30.3. The Balaban J connectivity index is 2.20. The lowest BCUT2D eigenvalue weighted by Gasteiger charge is -2.40. The van der Waals surface area contributed by atoms with Gasteiger partial charge in [0.25, 0.3) is 0 Å². The number of carbonyl (C=O) groups excluding carboxylic acids is 1. The van der Waals surface area contributed by atoms with Gasteiger partial charge in [-0.25, -0.2) is 0 Å². The van der Waals surface area contributed by atoms with Crippen LogP contribution >= 0.6 is 0 Å². The van der Waals surface area contributed by atoms with Crippen molar-refractivity contribution in [2.24, 2.45) is 0 Å². The molecule has 0 bridgehead atoms. The van der Waals surface area contributed by atoms with Gasteiger partial charge in [0.15, 0.2) is 6.29 Å². The number of unbranched alkanes of at least 4 members (excludes halogenated alkanes) is 33. The van der Waals surface area contributed by atoms with E-state index in [2.05, 4.69) is 19.2 Å². The first-order valence-electron chi connectivity index (χ1n) is 25.2. The van der Waals surface area contributed by atoms with Crippen molar-refractivity contribution in [1.82, 2.24) is 5.32 Å². The Bertz CT molecular complexity index is 878. The minimum absolute atomic E-state index is 0.132. The van der Waals surface area contributed by atoms with Crippen LogP contribution in [0.25, 0.3) is 0 Å². The quantitative estimate of drug-likeness (QED) is 0.0333. The highest BCUT2D eigenvalue weighted by molar-refractivity contribution is 5.76. The number of carbonyl (C=O) groups is 1. The van der Waals surface area contributed by atoms with E-state index >= 15 is 0 Å². The normalized spacial score (nSPS) is 20.7. The van der Waals surface area contributed by atoms with Gasteiger partial charge in [-0.15, -0.1) is 0 Å². The summed E-state index contributed by atoms with van der Waals surface area (Å²) in [6.45, 7) is 3.85. The molecule has 0 radical (unpaired) electrons. The summed E-state index contributed by atoms with van der Waals surface area (Å²) in [4.78, 5) is 13.0. The van der Waals surface area contributed by atoms with Gasteiger partial charge in [0.1, 0.15) is 24.4 Å². The molecule has 7 atom stereocenters. The minimum atomic E-state index is -1.55. The van der Waals surface area contributed by atoms with Crippen molar-refractivity contribution >= 4 is 5.91 Å². The fourth-order valence-electron chi connectivity index (χ4n) is 8.40. The maximum atomic E-state index is 13.0. The molecule has 1 saturated heterocycles. The minimum Gasteiger partial charge on any atom is -0.394 e. The molecule has 1 aliphatic rings. The Labute approximate surface area is 357 Å². The van der Waals surface area contributed by atoms with Crippen LogP contribution in [0.4, 0.5) is 0 Å². The molecule has 9 nitrogen and oxygen atoms in total. The van der Waals surface area contributed by atoms with Gasteiger partial charge in [0, 0.05) is 6.42 Å². The van der Waals surface area contributed by atoms with Crippen molar-refractivity contribution in [3.63, 3.8) is 0 Å². The van der Waals surface area contributed by atoms with Gasteiger partial charge in [-0.1, -0.05) is 232 Å². The Morgan fingerprint density at radius 3 is 1.22 bits per heavy atom. The van der Waals surface area contributed by atoms with Gasteiger partial charge in [0.2, 0.25) is 5.91 Å². The molecule has 58 heavy (non-hydrogen) atoms. The molecule has 1 fully saturated rings. The number of hydrogen-bond acceptors (Lipinski definition) is 8. The molecule has 0 aromatic rings. The molecule has 1 aliphatic heterocycles. The second-order valence-corrected chi connectivity index (χ2v) is 18.0. The Kier molecular flexibility index (Phi) is 38.3. The second kappa shape index (κ2) is 40.3. The number of aliphatic hydroxyl groups excluding tert-OH is 5. The van der Waals surface area contributed by atoms with Crippen LogP contribution in [0.1, 0.15) is 251 Å². The molecule has 2 unspecified atom stereocenters. The van der Waals surface area contributed by atoms with E-state index in [9.17, 15) is 30.3 Å². The summed E-state index contributed by atoms with van der Waals surface area (Å²) >= 11 is 0. The number of rotatable bonds is 43. The number of amides is 1. The predicted octanol–water partition coefficient (Wildman–Crippen LogP) is 11.1. The van der Waals surface area contributed by atoms with Crippen LogP contribution in [0, 0.1) is 0 Å². The van der Waals surface area contributed by atoms with E-state index in [0.29, 0.717) is 12.8 Å². The highest BCUT2D eigenvalue weighted by Gasteiger charge is 2.44. The van der Waals surface area contributed by atoms with Crippen LogP contribution in [0.2, 0.25) is 0 Å². The van der Waals surface area contributed by atoms with Crippen molar-refractivity contribution in [3.8, 4) is 0 Å². The van der Waals surface area contributed by atoms with Crippen molar-refractivity contribution < 1.29 is 39.8 Å². The summed E-state index contributed by atoms with van der Waals surface area (Å²) < 4.78 is 11.3. The van der Waals surface area contributed by atoms with E-state index in [4.69, 9.17) is 9.47 Å². The SMILES string of the molecule is CCCCCCCCCCCCCCCCCCCCCCCCCC(=O)N[C@@H](CO[C@H]1O[C@@H](CO)[C@H](O)C(O)C1O)[C@H](O)CCCCCCCCCCCCCC. The highest BCUT2D eigenvalue weighted by atomic mass is 16.7. The van der Waals surface area contributed by atoms with Crippen molar-refractivity contribution in [3.05, 3.63) is 0 Å². The molecule has 1 rings (SSSR count). The smallest absolute Gasteiger partial charge is 0.220 e. The van der Waals surface area contributed by atoms with E-state index in [0.717, 1.165) is 38.5 Å². The van der Waals surface area contributed by atoms with Gasteiger partial charge >= 0.3 is 0 Å². The highest BCUT2D eigenvalue weighted by Crippen LogP contribution is 2.23. The predicted molar refractivity (Wildman–Crippen MR) is 240 cm³/mol. The monoisotopic (exact) mass is 828 g/mol. The zero-order valence-electron chi connectivity index (χ0n) is 38.1. The topological polar surface area (TPSA) is 149 Å². The first-order chi connectivity index (χ1) is 28.3. The van der Waals surface area contributed by atoms with E-state index in [1.54, 1.807) is 0 Å². The second-order valence-electron chi connectivity index (χ2n) is 18.0. The maximum Gasteiger partial charge on any atom is 0.220 e. The molecular formula is C49H97NO8. The number of aliphatic hydroxyl groups is 5. The lowest BCUT2D eigenvalue weighted by molar-refractivity contribution is -0.302. The Morgan fingerprint density at radius 2 is 0.862 bits per heavy atom. The van der Waals surface area contributed by atoms with Gasteiger partial charge < -0.3 is 40.3 Å². The van der Waals surface area contributed by atoms with Crippen LogP contribution < -0.4 is 5.32 Å². The molecule has 0 spiro atoms. The molecule has 0 saturated carbocycles. The maximum absolute atomic E-state index is 13.0. The van der Waals surface area contributed by atoms with Crippen molar-refractivity contribution in [2.75, 3.05) is 13.2 Å². The first kappa shape index (κ1) is 55.2. The van der Waals surface area contributed by atoms with E-state index in [-0.39, 0.29) is 12.5 Å². The third-order valence-corrected chi connectivity index (χ3v) is 12.5. The van der Waals surface area contributed by atoms with Crippen molar-refractivity contribution in [2.45, 2.75) is 294 Å². The zero-order valence-corrected chi connectivity index (χ0v) is 38.1. The third-order valence-electron chi connectivity index (χ3n) is 12.5. The summed E-state index contributed by atoms with van der Waals surface area (Å²) in [6, 6.07) is -0.711. The van der Waals surface area contributed by atoms with Gasteiger partial charge in [-0.2, -0.15) is 0 Å².